The van der Waals surface area contributed by atoms with E-state index in [4.69, 9.17) is 4.74 Å². The quantitative estimate of drug-likeness (QED) is 0.827. The molecule has 3 rings (SSSR count). The fourth-order valence-corrected chi connectivity index (χ4v) is 3.93. The zero-order valence-corrected chi connectivity index (χ0v) is 18.8. The smallest absolute Gasteiger partial charge is 0.407 e. The third-order valence-electron chi connectivity index (χ3n) is 5.44. The van der Waals surface area contributed by atoms with Crippen LogP contribution in [0, 0.1) is 19.3 Å². The summed E-state index contributed by atoms with van der Waals surface area (Å²) in [6.07, 6.45) is 2.15. The molecule has 7 heteroatoms. The molecule has 2 aromatic rings. The Labute approximate surface area is 178 Å². The molecule has 1 aliphatic heterocycles. The zero-order chi connectivity index (χ0) is 22.1. The van der Waals surface area contributed by atoms with E-state index in [1.54, 1.807) is 6.20 Å². The number of pyridine rings is 1. The molecule has 0 bridgehead atoms. The predicted octanol–water partition coefficient (Wildman–Crippen LogP) is 3.87. The molecule has 1 atom stereocenters. The van der Waals surface area contributed by atoms with Crippen LogP contribution < -0.4 is 5.32 Å². The van der Waals surface area contributed by atoms with Gasteiger partial charge in [0.2, 0.25) is 0 Å². The van der Waals surface area contributed by atoms with Crippen LogP contribution >= 0.6 is 0 Å². The van der Waals surface area contributed by atoms with Crippen molar-refractivity contribution in [3.63, 3.8) is 0 Å². The summed E-state index contributed by atoms with van der Waals surface area (Å²) in [5.41, 5.74) is 1.85. The number of nitrogens with one attached hydrogen (secondary N) is 1. The van der Waals surface area contributed by atoms with Gasteiger partial charge in [0.05, 0.1) is 5.56 Å². The van der Waals surface area contributed by atoms with E-state index in [1.165, 1.54) is 0 Å². The Hall–Kier alpha value is -2.83. The molecule has 0 spiro atoms. The molecule has 1 saturated heterocycles. The standard InChI is InChI=1S/C23H32N4O3/c1-16-13-18(17(2)27(16)19-9-7-8-11-24-19)20(28)26-12-10-23(6,15-26)14-25-21(29)30-22(3,4)5/h7-9,11,13H,10,12,14-15H2,1-6H3,(H,25,29)/t23-/m1/s1. The first-order valence-corrected chi connectivity index (χ1v) is 10.4. The molecule has 2 amide bonds. The maximum absolute atomic E-state index is 13.3. The Morgan fingerprint density at radius 3 is 2.63 bits per heavy atom. The maximum Gasteiger partial charge on any atom is 0.407 e. The lowest BCUT2D eigenvalue weighted by Crippen LogP contribution is -2.41. The van der Waals surface area contributed by atoms with Gasteiger partial charge in [0.15, 0.2) is 0 Å². The van der Waals surface area contributed by atoms with Crippen molar-refractivity contribution >= 4 is 12.0 Å². The number of hydrogen-bond donors (Lipinski definition) is 1. The van der Waals surface area contributed by atoms with Crippen molar-refractivity contribution in [1.82, 2.24) is 19.8 Å². The van der Waals surface area contributed by atoms with Gasteiger partial charge in [-0.25, -0.2) is 9.78 Å². The molecular formula is C23H32N4O3. The Morgan fingerprint density at radius 1 is 1.27 bits per heavy atom. The average Bonchev–Trinajstić information content (AvgIpc) is 3.19. The zero-order valence-electron chi connectivity index (χ0n) is 18.8. The second-order valence-electron chi connectivity index (χ2n) is 9.45. The van der Waals surface area contributed by atoms with Crippen LogP contribution in [-0.4, -0.2) is 51.7 Å². The van der Waals surface area contributed by atoms with Gasteiger partial charge in [-0.1, -0.05) is 13.0 Å². The van der Waals surface area contributed by atoms with Gasteiger partial charge < -0.3 is 19.5 Å². The fraction of sp³-hybridized carbons (Fsp3) is 0.522. The molecule has 1 N–H and O–H groups in total. The molecule has 162 valence electrons. The van der Waals surface area contributed by atoms with E-state index in [9.17, 15) is 9.59 Å². The van der Waals surface area contributed by atoms with Crippen LogP contribution in [0.2, 0.25) is 0 Å². The maximum atomic E-state index is 13.3. The molecule has 3 heterocycles. The summed E-state index contributed by atoms with van der Waals surface area (Å²) in [6.45, 7) is 13.3. The molecule has 0 aliphatic carbocycles. The summed E-state index contributed by atoms with van der Waals surface area (Å²) >= 11 is 0. The van der Waals surface area contributed by atoms with Gasteiger partial charge in [-0.2, -0.15) is 0 Å². The van der Waals surface area contributed by atoms with Crippen molar-refractivity contribution in [3.8, 4) is 5.82 Å². The van der Waals surface area contributed by atoms with E-state index < -0.39 is 11.7 Å². The minimum atomic E-state index is -0.529. The highest BCUT2D eigenvalue weighted by atomic mass is 16.6. The summed E-state index contributed by atoms with van der Waals surface area (Å²) < 4.78 is 7.33. The van der Waals surface area contributed by atoms with Gasteiger partial charge >= 0.3 is 6.09 Å². The summed E-state index contributed by atoms with van der Waals surface area (Å²) in [5, 5.41) is 2.86. The van der Waals surface area contributed by atoms with E-state index in [0.29, 0.717) is 25.2 Å². The molecule has 0 saturated carbocycles. The Balaban J connectivity index is 1.68. The van der Waals surface area contributed by atoms with E-state index in [0.717, 1.165) is 23.6 Å². The van der Waals surface area contributed by atoms with Gasteiger partial charge in [-0.05, 0) is 59.2 Å². The number of alkyl carbamates (subject to hydrolysis) is 1. The monoisotopic (exact) mass is 412 g/mol. The van der Waals surface area contributed by atoms with Gasteiger partial charge in [-0.3, -0.25) is 4.79 Å². The third kappa shape index (κ3) is 4.83. The molecule has 0 aromatic carbocycles. The minimum Gasteiger partial charge on any atom is -0.444 e. The van der Waals surface area contributed by atoms with Crippen LogP contribution in [0.15, 0.2) is 30.5 Å². The number of nitrogens with zero attached hydrogens (tertiary/aromatic N) is 3. The topological polar surface area (TPSA) is 76.5 Å². The highest BCUT2D eigenvalue weighted by molar-refractivity contribution is 5.96. The number of hydrogen-bond acceptors (Lipinski definition) is 4. The summed E-state index contributed by atoms with van der Waals surface area (Å²) in [7, 11) is 0. The first kappa shape index (κ1) is 21.9. The average molecular weight is 413 g/mol. The van der Waals surface area contributed by atoms with Crippen molar-refractivity contribution in [2.75, 3.05) is 19.6 Å². The number of aromatic nitrogens is 2. The Kier molecular flexibility index (Phi) is 5.92. The van der Waals surface area contributed by atoms with Crippen LogP contribution in [0.25, 0.3) is 5.82 Å². The molecule has 1 fully saturated rings. The highest BCUT2D eigenvalue weighted by Gasteiger charge is 2.37. The lowest BCUT2D eigenvalue weighted by molar-refractivity contribution is 0.0504. The minimum absolute atomic E-state index is 0.0197. The molecule has 2 aromatic heterocycles. The highest BCUT2D eigenvalue weighted by Crippen LogP contribution is 2.31. The first-order valence-electron chi connectivity index (χ1n) is 10.4. The Bertz CT molecular complexity index is 930. The number of carbonyl (C=O) groups is 2. The van der Waals surface area contributed by atoms with E-state index in [-0.39, 0.29) is 11.3 Å². The van der Waals surface area contributed by atoms with Crippen molar-refractivity contribution in [2.24, 2.45) is 5.41 Å². The van der Waals surface area contributed by atoms with Gasteiger partial charge in [0.25, 0.3) is 5.91 Å². The number of aryl methyl sites for hydroxylation is 1. The molecule has 30 heavy (non-hydrogen) atoms. The Morgan fingerprint density at radius 2 is 2.00 bits per heavy atom. The van der Waals surface area contributed by atoms with Crippen LogP contribution in [0.1, 0.15) is 55.9 Å². The number of likely N-dealkylation sites (tertiary alicyclic amines) is 1. The van der Waals surface area contributed by atoms with Gasteiger partial charge in [-0.15, -0.1) is 0 Å². The van der Waals surface area contributed by atoms with Crippen molar-refractivity contribution in [2.45, 2.75) is 53.6 Å². The molecule has 0 radical (unpaired) electrons. The molecule has 0 unspecified atom stereocenters. The predicted molar refractivity (Wildman–Crippen MR) is 116 cm³/mol. The summed E-state index contributed by atoms with van der Waals surface area (Å²) in [4.78, 5) is 31.5. The SMILES string of the molecule is Cc1cc(C(=O)N2CC[C@](C)(CNC(=O)OC(C)(C)C)C2)c(C)n1-c1ccccn1. The van der Waals surface area contributed by atoms with E-state index >= 15 is 0 Å². The third-order valence-corrected chi connectivity index (χ3v) is 5.44. The van der Waals surface area contributed by atoms with E-state index in [2.05, 4.69) is 17.2 Å². The molecular weight excluding hydrogens is 380 g/mol. The van der Waals surface area contributed by atoms with Crippen molar-refractivity contribution in [3.05, 3.63) is 47.4 Å². The summed E-state index contributed by atoms with van der Waals surface area (Å²) in [6, 6.07) is 7.68. The lowest BCUT2D eigenvalue weighted by atomic mass is 9.90. The molecule has 1 aliphatic rings. The number of carbonyl (C=O) groups excluding carboxylic acids is 2. The number of rotatable bonds is 4. The van der Waals surface area contributed by atoms with Crippen molar-refractivity contribution in [1.29, 1.82) is 0 Å². The van der Waals surface area contributed by atoms with Gasteiger partial charge in [0, 0.05) is 42.6 Å². The van der Waals surface area contributed by atoms with Crippen LogP contribution in [0.5, 0.6) is 0 Å². The molecule has 7 nitrogen and oxygen atoms in total. The number of ether oxygens (including phenoxy) is 1. The summed E-state index contributed by atoms with van der Waals surface area (Å²) in [5.74, 6) is 0.825. The second kappa shape index (κ2) is 8.13. The lowest BCUT2D eigenvalue weighted by Gasteiger charge is -2.26. The fourth-order valence-electron chi connectivity index (χ4n) is 3.93. The van der Waals surface area contributed by atoms with Crippen LogP contribution in [0.4, 0.5) is 4.79 Å². The van der Waals surface area contributed by atoms with Gasteiger partial charge in [0.1, 0.15) is 11.4 Å². The first-order chi connectivity index (χ1) is 14.0. The normalized spacial score (nSPS) is 19.1. The number of amides is 2. The van der Waals surface area contributed by atoms with Crippen LogP contribution in [0.3, 0.4) is 0 Å². The van der Waals surface area contributed by atoms with E-state index in [1.807, 2.05) is 68.4 Å². The second-order valence-corrected chi connectivity index (χ2v) is 9.45. The van der Waals surface area contributed by atoms with Crippen molar-refractivity contribution < 1.29 is 14.3 Å². The van der Waals surface area contributed by atoms with Crippen LogP contribution in [-0.2, 0) is 4.74 Å². The largest absolute Gasteiger partial charge is 0.444 e.